The number of alkyl halides is 1. The van der Waals surface area contributed by atoms with Crippen molar-refractivity contribution in [2.45, 2.75) is 26.9 Å². The molecule has 0 aromatic rings. The van der Waals surface area contributed by atoms with Crippen LogP contribution in [0.15, 0.2) is 0 Å². The molecule has 0 aromatic carbocycles. The van der Waals surface area contributed by atoms with Gasteiger partial charge in [0.15, 0.2) is 0 Å². The highest BCUT2D eigenvalue weighted by Gasteiger charge is 2.21. The minimum absolute atomic E-state index is 0.0988. The fourth-order valence-electron chi connectivity index (χ4n) is 0.564. The molecule has 0 aliphatic heterocycles. The molecule has 0 aliphatic rings. The van der Waals surface area contributed by atoms with Crippen molar-refractivity contribution in [2.24, 2.45) is 5.41 Å². The van der Waals surface area contributed by atoms with Gasteiger partial charge in [-0.3, -0.25) is 4.79 Å². The van der Waals surface area contributed by atoms with E-state index in [1.54, 1.807) is 0 Å². The van der Waals surface area contributed by atoms with Gasteiger partial charge in [0.25, 0.3) is 0 Å². The number of hydrogen-bond donors (Lipinski definition) is 2. The third-order valence-electron chi connectivity index (χ3n) is 1.61. The van der Waals surface area contributed by atoms with Gasteiger partial charge < -0.3 is 10.4 Å². The molecule has 0 saturated heterocycles. The van der Waals surface area contributed by atoms with Crippen LogP contribution >= 0.6 is 15.9 Å². The Balaban J connectivity index is 3.72. The molecule has 72 valence electrons. The zero-order valence-corrected chi connectivity index (χ0v) is 9.31. The molecule has 0 aromatic heterocycles. The van der Waals surface area contributed by atoms with Crippen molar-refractivity contribution in [3.05, 3.63) is 0 Å². The van der Waals surface area contributed by atoms with Gasteiger partial charge in [0, 0.05) is 6.54 Å². The van der Waals surface area contributed by atoms with Gasteiger partial charge in [0.05, 0.1) is 11.4 Å². The van der Waals surface area contributed by atoms with E-state index in [1.807, 2.05) is 20.8 Å². The van der Waals surface area contributed by atoms with Crippen LogP contribution in [0.4, 0.5) is 0 Å². The first-order chi connectivity index (χ1) is 5.38. The number of carbonyl (C=O) groups excluding carboxylic acids is 1. The molecule has 0 fully saturated rings. The van der Waals surface area contributed by atoms with Crippen LogP contribution in [0.3, 0.4) is 0 Å². The first-order valence-corrected chi connectivity index (χ1v) is 5.01. The van der Waals surface area contributed by atoms with Crippen LogP contribution < -0.4 is 5.32 Å². The van der Waals surface area contributed by atoms with Gasteiger partial charge in [-0.25, -0.2) is 0 Å². The Morgan fingerprint density at radius 3 is 2.42 bits per heavy atom. The molecule has 0 radical (unpaired) electrons. The molecule has 2 N–H and O–H groups in total. The van der Waals surface area contributed by atoms with Gasteiger partial charge in [0.2, 0.25) is 5.91 Å². The zero-order valence-electron chi connectivity index (χ0n) is 7.72. The van der Waals surface area contributed by atoms with Crippen LogP contribution in [-0.4, -0.2) is 29.0 Å². The second-order valence-corrected chi connectivity index (χ2v) is 4.38. The summed E-state index contributed by atoms with van der Waals surface area (Å²) in [7, 11) is 0. The molecular weight excluding hydrogens is 222 g/mol. The molecule has 1 unspecified atom stereocenters. The van der Waals surface area contributed by atoms with Gasteiger partial charge in [-0.2, -0.15) is 0 Å². The first kappa shape index (κ1) is 11.9. The molecule has 0 bridgehead atoms. The number of amides is 1. The number of carbonyl (C=O) groups is 1. The lowest BCUT2D eigenvalue weighted by atomic mass is 9.89. The summed E-state index contributed by atoms with van der Waals surface area (Å²) in [6.45, 7) is 6.10. The number of rotatable bonds is 3. The van der Waals surface area contributed by atoms with Crippen molar-refractivity contribution < 1.29 is 9.90 Å². The highest BCUT2D eigenvalue weighted by molar-refractivity contribution is 9.09. The average molecular weight is 238 g/mol. The number of nitrogens with one attached hydrogen (secondary N) is 1. The number of aliphatic hydroxyl groups excluding tert-OH is 1. The standard InChI is InChI=1S/C8H16BrNO2/c1-8(2,3)6(11)5-10-7(12)4-9/h6,11H,4-5H2,1-3H3,(H,10,12). The molecule has 1 amide bonds. The molecule has 1 atom stereocenters. The quantitative estimate of drug-likeness (QED) is 0.718. The highest BCUT2D eigenvalue weighted by Crippen LogP contribution is 2.17. The topological polar surface area (TPSA) is 49.3 Å². The predicted octanol–water partition coefficient (Wildman–Crippen LogP) is 0.905. The minimum Gasteiger partial charge on any atom is -0.391 e. The lowest BCUT2D eigenvalue weighted by Gasteiger charge is -2.25. The molecule has 0 spiro atoms. The molecule has 3 nitrogen and oxygen atoms in total. The van der Waals surface area contributed by atoms with Crippen molar-refractivity contribution in [3.8, 4) is 0 Å². The summed E-state index contributed by atoms with van der Waals surface area (Å²) >= 11 is 3.02. The summed E-state index contributed by atoms with van der Waals surface area (Å²) in [5.74, 6) is -0.0988. The minimum atomic E-state index is -0.500. The van der Waals surface area contributed by atoms with E-state index < -0.39 is 6.10 Å². The fraction of sp³-hybridized carbons (Fsp3) is 0.875. The lowest BCUT2D eigenvalue weighted by molar-refractivity contribution is -0.119. The van der Waals surface area contributed by atoms with Gasteiger partial charge in [-0.1, -0.05) is 36.7 Å². The molecular formula is C8H16BrNO2. The Morgan fingerprint density at radius 2 is 2.08 bits per heavy atom. The summed E-state index contributed by atoms with van der Waals surface area (Å²) in [4.78, 5) is 10.8. The molecule has 0 aliphatic carbocycles. The van der Waals surface area contributed by atoms with E-state index in [-0.39, 0.29) is 16.7 Å². The van der Waals surface area contributed by atoms with Crippen molar-refractivity contribution in [3.63, 3.8) is 0 Å². The number of halogens is 1. The maximum Gasteiger partial charge on any atom is 0.230 e. The van der Waals surface area contributed by atoms with Crippen molar-refractivity contribution >= 4 is 21.8 Å². The van der Waals surface area contributed by atoms with E-state index >= 15 is 0 Å². The van der Waals surface area contributed by atoms with E-state index in [0.29, 0.717) is 6.54 Å². The second kappa shape index (κ2) is 4.82. The summed E-state index contributed by atoms with van der Waals surface area (Å²) in [6.07, 6.45) is -0.500. The Hall–Kier alpha value is -0.0900. The van der Waals surface area contributed by atoms with Crippen LogP contribution in [0.2, 0.25) is 0 Å². The molecule has 0 saturated carbocycles. The second-order valence-electron chi connectivity index (χ2n) is 3.82. The van der Waals surface area contributed by atoms with E-state index in [2.05, 4.69) is 21.2 Å². The van der Waals surface area contributed by atoms with E-state index in [9.17, 15) is 9.90 Å². The summed E-state index contributed by atoms with van der Waals surface area (Å²) in [5.41, 5.74) is -0.181. The van der Waals surface area contributed by atoms with Crippen molar-refractivity contribution in [1.29, 1.82) is 0 Å². The van der Waals surface area contributed by atoms with Gasteiger partial charge in [-0.05, 0) is 5.41 Å². The number of aliphatic hydroxyl groups is 1. The number of hydrogen-bond acceptors (Lipinski definition) is 2. The lowest BCUT2D eigenvalue weighted by Crippen LogP contribution is -2.39. The molecule has 0 rings (SSSR count). The Morgan fingerprint density at radius 1 is 1.58 bits per heavy atom. The summed E-state index contributed by atoms with van der Waals surface area (Å²) in [5, 5.41) is 12.4. The van der Waals surface area contributed by atoms with Crippen LogP contribution in [0.5, 0.6) is 0 Å². The maximum atomic E-state index is 10.8. The fourth-order valence-corrected chi connectivity index (χ4v) is 0.762. The van der Waals surface area contributed by atoms with Crippen molar-refractivity contribution in [2.75, 3.05) is 11.9 Å². The average Bonchev–Trinajstić information content (AvgIpc) is 1.97. The van der Waals surface area contributed by atoms with E-state index in [4.69, 9.17) is 0 Å². The molecule has 12 heavy (non-hydrogen) atoms. The first-order valence-electron chi connectivity index (χ1n) is 3.88. The third-order valence-corrected chi connectivity index (χ3v) is 2.12. The Kier molecular flexibility index (Phi) is 4.78. The van der Waals surface area contributed by atoms with Crippen LogP contribution in [0, 0.1) is 5.41 Å². The summed E-state index contributed by atoms with van der Waals surface area (Å²) < 4.78 is 0. The van der Waals surface area contributed by atoms with Crippen LogP contribution in [-0.2, 0) is 4.79 Å². The third kappa shape index (κ3) is 4.72. The molecule has 0 heterocycles. The Labute approximate surface area is 81.7 Å². The van der Waals surface area contributed by atoms with Gasteiger partial charge in [0.1, 0.15) is 0 Å². The van der Waals surface area contributed by atoms with Crippen LogP contribution in [0.25, 0.3) is 0 Å². The normalized spacial score (nSPS) is 14.1. The largest absolute Gasteiger partial charge is 0.391 e. The predicted molar refractivity (Wildman–Crippen MR) is 52.3 cm³/mol. The highest BCUT2D eigenvalue weighted by atomic mass is 79.9. The monoisotopic (exact) mass is 237 g/mol. The van der Waals surface area contributed by atoms with E-state index in [0.717, 1.165) is 0 Å². The van der Waals surface area contributed by atoms with E-state index in [1.165, 1.54) is 0 Å². The smallest absolute Gasteiger partial charge is 0.230 e. The van der Waals surface area contributed by atoms with Gasteiger partial charge in [-0.15, -0.1) is 0 Å². The SMILES string of the molecule is CC(C)(C)C(O)CNC(=O)CBr. The molecule has 4 heteroatoms. The van der Waals surface area contributed by atoms with Crippen molar-refractivity contribution in [1.82, 2.24) is 5.32 Å². The zero-order chi connectivity index (χ0) is 9.78. The van der Waals surface area contributed by atoms with Crippen LogP contribution in [0.1, 0.15) is 20.8 Å². The maximum absolute atomic E-state index is 10.8. The van der Waals surface area contributed by atoms with Gasteiger partial charge >= 0.3 is 0 Å². The Bertz CT molecular complexity index is 154. The summed E-state index contributed by atoms with van der Waals surface area (Å²) in [6, 6.07) is 0.